The van der Waals surface area contributed by atoms with E-state index in [0.717, 1.165) is 21.5 Å². The van der Waals surface area contributed by atoms with Gasteiger partial charge in [0, 0.05) is 0 Å². The smallest absolute Gasteiger partial charge is 0.223 e. The lowest BCUT2D eigenvalue weighted by Crippen LogP contribution is -2.27. The number of nitrogens with one attached hydrogen (secondary N) is 1. The van der Waals surface area contributed by atoms with E-state index in [1.165, 1.54) is 5.56 Å². The van der Waals surface area contributed by atoms with Gasteiger partial charge < -0.3 is 14.8 Å². The van der Waals surface area contributed by atoms with Gasteiger partial charge in [-0.2, -0.15) is 0 Å². The van der Waals surface area contributed by atoms with Gasteiger partial charge in [-0.1, -0.05) is 23.8 Å². The van der Waals surface area contributed by atoms with Crippen LogP contribution in [0.25, 0.3) is 0 Å². The highest BCUT2D eigenvalue weighted by Crippen LogP contribution is 2.28. The van der Waals surface area contributed by atoms with Crippen molar-refractivity contribution in [1.29, 1.82) is 0 Å². The molecule has 0 unspecified atom stereocenters. The van der Waals surface area contributed by atoms with Crippen molar-refractivity contribution in [3.63, 3.8) is 0 Å². The molecule has 0 aliphatic carbocycles. The number of hydrogen-bond donors (Lipinski definition) is 1. The summed E-state index contributed by atoms with van der Waals surface area (Å²) in [6.45, 7) is 4.33. The third-order valence-electron chi connectivity index (χ3n) is 3.67. The normalized spacial score (nSPS) is 11.7. The maximum absolute atomic E-state index is 12.1. The molecule has 0 fully saturated rings. The molecule has 1 amide bonds. The maximum Gasteiger partial charge on any atom is 0.223 e. The summed E-state index contributed by atoms with van der Waals surface area (Å²) in [7, 11) is 1.62. The average Bonchev–Trinajstić information content (AvgIpc) is 2.56. The van der Waals surface area contributed by atoms with Crippen LogP contribution in [-0.4, -0.2) is 19.6 Å². The molecule has 0 saturated carbocycles. The average molecular weight is 392 g/mol. The molecule has 1 atom stereocenters. The first-order chi connectivity index (χ1) is 11.5. The molecule has 0 aromatic heterocycles. The molecule has 0 aliphatic heterocycles. The number of benzene rings is 2. The van der Waals surface area contributed by atoms with E-state index in [0.29, 0.717) is 13.0 Å². The van der Waals surface area contributed by atoms with E-state index < -0.39 is 0 Å². The zero-order valence-electron chi connectivity index (χ0n) is 14.1. The van der Waals surface area contributed by atoms with Crippen molar-refractivity contribution in [1.82, 2.24) is 5.32 Å². The summed E-state index contributed by atoms with van der Waals surface area (Å²) < 4.78 is 11.7. The van der Waals surface area contributed by atoms with Crippen LogP contribution in [-0.2, 0) is 4.79 Å². The molecule has 0 saturated heterocycles. The number of hydrogen-bond acceptors (Lipinski definition) is 3. The van der Waals surface area contributed by atoms with Gasteiger partial charge in [0.05, 0.1) is 30.7 Å². The zero-order chi connectivity index (χ0) is 17.5. The van der Waals surface area contributed by atoms with Gasteiger partial charge in [0.15, 0.2) is 0 Å². The number of carbonyl (C=O) groups is 1. The quantitative estimate of drug-likeness (QED) is 0.759. The Labute approximate surface area is 151 Å². The van der Waals surface area contributed by atoms with Crippen molar-refractivity contribution in [2.75, 3.05) is 13.7 Å². The van der Waals surface area contributed by atoms with Crippen LogP contribution in [0.5, 0.6) is 11.5 Å². The fraction of sp³-hybridized carbons (Fsp3) is 0.316. The number of aryl methyl sites for hydroxylation is 1. The summed E-state index contributed by atoms with van der Waals surface area (Å²) in [5.41, 5.74) is 2.19. The zero-order valence-corrected chi connectivity index (χ0v) is 15.7. The lowest BCUT2D eigenvalue weighted by atomic mass is 10.1. The Morgan fingerprint density at radius 1 is 1.21 bits per heavy atom. The van der Waals surface area contributed by atoms with Crippen LogP contribution in [0, 0.1) is 6.92 Å². The van der Waals surface area contributed by atoms with Crippen LogP contribution in [0.1, 0.15) is 30.5 Å². The third kappa shape index (κ3) is 5.27. The molecule has 4 nitrogen and oxygen atoms in total. The number of methoxy groups -OCH3 is 1. The first-order valence-electron chi connectivity index (χ1n) is 7.82. The van der Waals surface area contributed by atoms with Gasteiger partial charge in [-0.05, 0) is 59.6 Å². The Kier molecular flexibility index (Phi) is 6.67. The van der Waals surface area contributed by atoms with Crippen molar-refractivity contribution in [2.24, 2.45) is 0 Å². The standard InChI is InChI=1S/C19H22BrNO3/c1-13-4-7-16(8-5-13)24-11-10-19(22)21-14(2)15-6-9-18(23-3)17(20)12-15/h4-9,12,14H,10-11H2,1-3H3,(H,21,22)/t14-/m0/s1. The van der Waals surface area contributed by atoms with Crippen LogP contribution in [0.15, 0.2) is 46.9 Å². The van der Waals surface area contributed by atoms with E-state index in [2.05, 4.69) is 21.2 Å². The van der Waals surface area contributed by atoms with Gasteiger partial charge in [-0.3, -0.25) is 4.79 Å². The second kappa shape index (κ2) is 8.73. The molecule has 0 aliphatic rings. The van der Waals surface area contributed by atoms with E-state index >= 15 is 0 Å². The highest BCUT2D eigenvalue weighted by Gasteiger charge is 2.11. The van der Waals surface area contributed by atoms with Crippen molar-refractivity contribution < 1.29 is 14.3 Å². The van der Waals surface area contributed by atoms with Gasteiger partial charge >= 0.3 is 0 Å². The van der Waals surface area contributed by atoms with Gasteiger partial charge in [-0.25, -0.2) is 0 Å². The first-order valence-corrected chi connectivity index (χ1v) is 8.61. The fourth-order valence-corrected chi connectivity index (χ4v) is 2.80. The molecule has 0 bridgehead atoms. The molecular formula is C19H22BrNO3. The Bertz CT molecular complexity index is 686. The molecule has 1 N–H and O–H groups in total. The molecule has 5 heteroatoms. The minimum absolute atomic E-state index is 0.0402. The van der Waals surface area contributed by atoms with Crippen LogP contribution < -0.4 is 14.8 Å². The highest BCUT2D eigenvalue weighted by atomic mass is 79.9. The number of ether oxygens (including phenoxy) is 2. The summed E-state index contributed by atoms with van der Waals surface area (Å²) in [5, 5.41) is 2.98. The maximum atomic E-state index is 12.1. The summed E-state index contributed by atoms with van der Waals surface area (Å²) in [4.78, 5) is 12.1. The summed E-state index contributed by atoms with van der Waals surface area (Å²) in [6, 6.07) is 13.5. The van der Waals surface area contributed by atoms with Crippen LogP contribution in [0.4, 0.5) is 0 Å². The predicted octanol–water partition coefficient (Wildman–Crippen LogP) is 4.41. The molecule has 0 radical (unpaired) electrons. The molecule has 128 valence electrons. The first kappa shape index (κ1) is 18.3. The largest absolute Gasteiger partial charge is 0.496 e. The number of rotatable bonds is 7. The van der Waals surface area contributed by atoms with Gasteiger partial charge in [0.1, 0.15) is 11.5 Å². The van der Waals surface area contributed by atoms with E-state index in [-0.39, 0.29) is 11.9 Å². The van der Waals surface area contributed by atoms with Crippen molar-refractivity contribution >= 4 is 21.8 Å². The Hall–Kier alpha value is -2.01. The topological polar surface area (TPSA) is 47.6 Å². The molecule has 2 aromatic carbocycles. The Balaban J connectivity index is 1.81. The Morgan fingerprint density at radius 2 is 1.92 bits per heavy atom. The van der Waals surface area contributed by atoms with Crippen LogP contribution in [0.3, 0.4) is 0 Å². The minimum atomic E-state index is -0.0842. The third-order valence-corrected chi connectivity index (χ3v) is 4.29. The number of halogens is 1. The number of amides is 1. The Morgan fingerprint density at radius 3 is 2.54 bits per heavy atom. The molecular weight excluding hydrogens is 370 g/mol. The van der Waals surface area contributed by atoms with Crippen molar-refractivity contribution in [2.45, 2.75) is 26.3 Å². The van der Waals surface area contributed by atoms with Gasteiger partial charge in [0.2, 0.25) is 5.91 Å². The van der Waals surface area contributed by atoms with Crippen LogP contribution >= 0.6 is 15.9 Å². The monoisotopic (exact) mass is 391 g/mol. The molecule has 24 heavy (non-hydrogen) atoms. The minimum Gasteiger partial charge on any atom is -0.496 e. The summed E-state index contributed by atoms with van der Waals surface area (Å²) in [5.74, 6) is 1.51. The number of carbonyl (C=O) groups excluding carboxylic acids is 1. The van der Waals surface area contributed by atoms with Gasteiger partial charge in [-0.15, -0.1) is 0 Å². The van der Waals surface area contributed by atoms with E-state index in [1.807, 2.05) is 56.3 Å². The second-order valence-corrected chi connectivity index (χ2v) is 6.45. The fourth-order valence-electron chi connectivity index (χ4n) is 2.25. The van der Waals surface area contributed by atoms with Crippen molar-refractivity contribution in [3.8, 4) is 11.5 Å². The molecule has 2 rings (SSSR count). The molecule has 2 aromatic rings. The molecule has 0 spiro atoms. The van der Waals surface area contributed by atoms with E-state index in [9.17, 15) is 4.79 Å². The summed E-state index contributed by atoms with van der Waals surface area (Å²) >= 11 is 3.46. The lowest BCUT2D eigenvalue weighted by Gasteiger charge is -2.16. The van der Waals surface area contributed by atoms with Crippen LogP contribution in [0.2, 0.25) is 0 Å². The summed E-state index contributed by atoms with van der Waals surface area (Å²) in [6.07, 6.45) is 0.315. The van der Waals surface area contributed by atoms with E-state index in [4.69, 9.17) is 9.47 Å². The molecule has 0 heterocycles. The highest BCUT2D eigenvalue weighted by molar-refractivity contribution is 9.10. The van der Waals surface area contributed by atoms with Crippen molar-refractivity contribution in [3.05, 3.63) is 58.1 Å². The predicted molar refractivity (Wildman–Crippen MR) is 98.5 cm³/mol. The second-order valence-electron chi connectivity index (χ2n) is 5.59. The van der Waals surface area contributed by atoms with Gasteiger partial charge in [0.25, 0.3) is 0 Å². The SMILES string of the molecule is COc1ccc([C@H](C)NC(=O)CCOc2ccc(C)cc2)cc1Br. The van der Waals surface area contributed by atoms with E-state index in [1.54, 1.807) is 7.11 Å². The lowest BCUT2D eigenvalue weighted by molar-refractivity contribution is -0.122.